The maximum atomic E-state index is 4.70. The van der Waals surface area contributed by atoms with Crippen LogP contribution in [-0.4, -0.2) is 9.55 Å². The summed E-state index contributed by atoms with van der Waals surface area (Å²) in [5, 5.41) is 0. The molecule has 15 heavy (non-hydrogen) atoms. The van der Waals surface area contributed by atoms with Gasteiger partial charge in [0.15, 0.2) is 0 Å². The lowest BCUT2D eigenvalue weighted by atomic mass is 10.0. The Labute approximate surface area is 90.9 Å². The minimum Gasteiger partial charge on any atom is -0.331 e. The molecule has 1 aromatic carbocycles. The number of aryl methyl sites for hydroxylation is 4. The second kappa shape index (κ2) is 3.37. The molecule has 0 amide bonds. The summed E-state index contributed by atoms with van der Waals surface area (Å²) >= 11 is 0. The van der Waals surface area contributed by atoms with Crippen LogP contribution in [0.15, 0.2) is 6.07 Å². The van der Waals surface area contributed by atoms with E-state index in [0.29, 0.717) is 0 Å². The van der Waals surface area contributed by atoms with Crippen LogP contribution in [0.4, 0.5) is 0 Å². The first-order chi connectivity index (χ1) is 7.06. The highest BCUT2D eigenvalue weighted by molar-refractivity contribution is 5.81. The molecule has 2 nitrogen and oxygen atoms in total. The Morgan fingerprint density at radius 1 is 1.20 bits per heavy atom. The molecule has 0 atom stereocenters. The Morgan fingerprint density at radius 3 is 2.47 bits per heavy atom. The van der Waals surface area contributed by atoms with Crippen molar-refractivity contribution in [3.05, 3.63) is 28.6 Å². The summed E-state index contributed by atoms with van der Waals surface area (Å²) < 4.78 is 2.20. The van der Waals surface area contributed by atoms with E-state index >= 15 is 0 Å². The third-order valence-electron chi connectivity index (χ3n) is 3.41. The lowest BCUT2D eigenvalue weighted by molar-refractivity contribution is 0.829. The van der Waals surface area contributed by atoms with Gasteiger partial charge >= 0.3 is 0 Å². The first kappa shape index (κ1) is 10.2. The van der Waals surface area contributed by atoms with E-state index in [9.17, 15) is 0 Å². The Kier molecular flexibility index (Phi) is 2.29. The first-order valence-electron chi connectivity index (χ1n) is 5.48. The first-order valence-corrected chi connectivity index (χ1v) is 5.48. The van der Waals surface area contributed by atoms with Crippen molar-refractivity contribution in [3.63, 3.8) is 0 Å². The van der Waals surface area contributed by atoms with Gasteiger partial charge in [0.2, 0.25) is 0 Å². The predicted molar refractivity (Wildman–Crippen MR) is 64.3 cm³/mol. The van der Waals surface area contributed by atoms with E-state index in [0.717, 1.165) is 17.8 Å². The fourth-order valence-corrected chi connectivity index (χ4v) is 2.10. The molecular weight excluding hydrogens is 184 g/mol. The summed E-state index contributed by atoms with van der Waals surface area (Å²) in [5.74, 6) is 1.16. The molecule has 1 aromatic heterocycles. The number of fused-ring (bicyclic) bond motifs is 1. The number of benzene rings is 1. The van der Waals surface area contributed by atoms with Crippen molar-refractivity contribution in [2.45, 2.75) is 34.1 Å². The molecule has 2 rings (SSSR count). The van der Waals surface area contributed by atoms with E-state index in [-0.39, 0.29) is 0 Å². The number of rotatable bonds is 1. The SMILES string of the molecule is CCc1nc2c(C)c(C)c(C)cc2n1C. The summed E-state index contributed by atoms with van der Waals surface area (Å²) in [7, 11) is 2.10. The highest BCUT2D eigenvalue weighted by atomic mass is 15.1. The van der Waals surface area contributed by atoms with Crippen LogP contribution in [-0.2, 0) is 13.5 Å². The van der Waals surface area contributed by atoms with Gasteiger partial charge in [0.1, 0.15) is 5.82 Å². The van der Waals surface area contributed by atoms with Crippen molar-refractivity contribution >= 4 is 11.0 Å². The van der Waals surface area contributed by atoms with Gasteiger partial charge in [0, 0.05) is 13.5 Å². The number of hydrogen-bond acceptors (Lipinski definition) is 1. The minimum absolute atomic E-state index is 0.989. The van der Waals surface area contributed by atoms with Crippen LogP contribution in [0.25, 0.3) is 11.0 Å². The molecule has 0 bridgehead atoms. The number of nitrogens with zero attached hydrogens (tertiary/aromatic N) is 2. The van der Waals surface area contributed by atoms with Gasteiger partial charge in [0.25, 0.3) is 0 Å². The number of aromatic nitrogens is 2. The van der Waals surface area contributed by atoms with Crippen LogP contribution >= 0.6 is 0 Å². The molecule has 0 spiro atoms. The summed E-state index contributed by atoms with van der Waals surface area (Å²) in [4.78, 5) is 4.70. The molecule has 80 valence electrons. The largest absolute Gasteiger partial charge is 0.331 e. The molecule has 0 aliphatic rings. The molecule has 0 N–H and O–H groups in total. The number of hydrogen-bond donors (Lipinski definition) is 0. The van der Waals surface area contributed by atoms with E-state index in [1.54, 1.807) is 0 Å². The van der Waals surface area contributed by atoms with Crippen molar-refractivity contribution in [3.8, 4) is 0 Å². The summed E-state index contributed by atoms with van der Waals surface area (Å²) in [6.07, 6.45) is 0.989. The van der Waals surface area contributed by atoms with Gasteiger partial charge in [0.05, 0.1) is 11.0 Å². The minimum atomic E-state index is 0.989. The van der Waals surface area contributed by atoms with E-state index in [4.69, 9.17) is 4.98 Å². The van der Waals surface area contributed by atoms with E-state index in [1.165, 1.54) is 22.2 Å². The Morgan fingerprint density at radius 2 is 1.87 bits per heavy atom. The van der Waals surface area contributed by atoms with Crippen LogP contribution in [0.3, 0.4) is 0 Å². The monoisotopic (exact) mass is 202 g/mol. The fraction of sp³-hybridized carbons (Fsp3) is 0.462. The summed E-state index contributed by atoms with van der Waals surface area (Å²) in [5.41, 5.74) is 6.46. The number of imidazole rings is 1. The van der Waals surface area contributed by atoms with Crippen LogP contribution in [0.1, 0.15) is 29.4 Å². The molecule has 1 heterocycles. The summed E-state index contributed by atoms with van der Waals surface area (Å²) in [6.45, 7) is 8.65. The average Bonchev–Trinajstić information content (AvgIpc) is 2.53. The smallest absolute Gasteiger partial charge is 0.109 e. The fourth-order valence-electron chi connectivity index (χ4n) is 2.10. The second-order valence-corrected chi connectivity index (χ2v) is 4.25. The lowest BCUT2D eigenvalue weighted by Crippen LogP contribution is -1.95. The van der Waals surface area contributed by atoms with Crippen LogP contribution in [0, 0.1) is 20.8 Å². The van der Waals surface area contributed by atoms with Gasteiger partial charge in [-0.1, -0.05) is 6.92 Å². The van der Waals surface area contributed by atoms with Crippen molar-refractivity contribution in [2.75, 3.05) is 0 Å². The normalized spacial score (nSPS) is 11.3. The molecule has 0 saturated heterocycles. The van der Waals surface area contributed by atoms with Crippen LogP contribution in [0.2, 0.25) is 0 Å². The lowest BCUT2D eigenvalue weighted by Gasteiger charge is -2.06. The summed E-state index contributed by atoms with van der Waals surface area (Å²) in [6, 6.07) is 2.24. The zero-order chi connectivity index (χ0) is 11.2. The molecule has 0 aliphatic heterocycles. The predicted octanol–water partition coefficient (Wildman–Crippen LogP) is 3.06. The molecule has 2 heteroatoms. The maximum Gasteiger partial charge on any atom is 0.109 e. The molecule has 2 aromatic rings. The molecule has 0 unspecified atom stereocenters. The molecule has 0 aliphatic carbocycles. The van der Waals surface area contributed by atoms with E-state index in [1.807, 2.05) is 0 Å². The molecular formula is C13H18N2. The molecule has 0 radical (unpaired) electrons. The van der Waals surface area contributed by atoms with E-state index < -0.39 is 0 Å². The third kappa shape index (κ3) is 1.36. The van der Waals surface area contributed by atoms with Crippen molar-refractivity contribution < 1.29 is 0 Å². The van der Waals surface area contributed by atoms with Gasteiger partial charge < -0.3 is 4.57 Å². The van der Waals surface area contributed by atoms with Crippen molar-refractivity contribution in [1.29, 1.82) is 0 Å². The molecule has 0 fully saturated rings. The maximum absolute atomic E-state index is 4.70. The van der Waals surface area contributed by atoms with Crippen LogP contribution in [0.5, 0.6) is 0 Å². The Hall–Kier alpha value is -1.31. The second-order valence-electron chi connectivity index (χ2n) is 4.25. The Bertz CT molecular complexity index is 521. The zero-order valence-electron chi connectivity index (χ0n) is 10.2. The van der Waals surface area contributed by atoms with Gasteiger partial charge in [-0.3, -0.25) is 0 Å². The Balaban J connectivity index is 2.89. The van der Waals surface area contributed by atoms with Crippen LogP contribution < -0.4 is 0 Å². The van der Waals surface area contributed by atoms with E-state index in [2.05, 4.69) is 45.4 Å². The highest BCUT2D eigenvalue weighted by Crippen LogP contribution is 2.24. The molecule has 0 saturated carbocycles. The third-order valence-corrected chi connectivity index (χ3v) is 3.41. The quantitative estimate of drug-likeness (QED) is 0.695. The van der Waals surface area contributed by atoms with Crippen molar-refractivity contribution in [2.24, 2.45) is 7.05 Å². The topological polar surface area (TPSA) is 17.8 Å². The van der Waals surface area contributed by atoms with Gasteiger partial charge in [-0.25, -0.2) is 4.98 Å². The van der Waals surface area contributed by atoms with Crippen molar-refractivity contribution in [1.82, 2.24) is 9.55 Å². The standard InChI is InChI=1S/C13H18N2/c1-6-12-14-13-10(4)9(3)8(2)7-11(13)15(12)5/h7H,6H2,1-5H3. The van der Waals surface area contributed by atoms with Gasteiger partial charge in [-0.05, 0) is 43.5 Å². The zero-order valence-corrected chi connectivity index (χ0v) is 10.2. The highest BCUT2D eigenvalue weighted by Gasteiger charge is 2.11. The van der Waals surface area contributed by atoms with Gasteiger partial charge in [-0.2, -0.15) is 0 Å². The van der Waals surface area contributed by atoms with Gasteiger partial charge in [-0.15, -0.1) is 0 Å². The average molecular weight is 202 g/mol.